The van der Waals surface area contributed by atoms with Crippen molar-refractivity contribution in [1.82, 2.24) is 14.7 Å². The molecule has 4 heteroatoms. The zero-order valence-electron chi connectivity index (χ0n) is 21.3. The van der Waals surface area contributed by atoms with Crippen molar-refractivity contribution in [2.75, 3.05) is 61.9 Å². The Morgan fingerprint density at radius 2 is 0.966 bits per heavy atom. The van der Waals surface area contributed by atoms with Crippen molar-refractivity contribution < 1.29 is 24.7 Å². The average Bonchev–Trinajstić information content (AvgIpc) is 2.71. The van der Waals surface area contributed by atoms with Crippen LogP contribution in [0, 0.1) is 5.41 Å². The molecule has 3 nitrogen and oxygen atoms in total. The number of nitrogens with zero attached hydrogens (tertiary/aromatic N) is 3. The molecule has 0 atom stereocenters. The molecule has 0 spiro atoms. The summed E-state index contributed by atoms with van der Waals surface area (Å²) in [6.45, 7) is 25.0. The Kier molecular flexibility index (Phi) is 20.8. The van der Waals surface area contributed by atoms with E-state index in [-0.39, 0.29) is 0 Å². The first-order valence-electron chi connectivity index (χ1n) is 10.1. The van der Waals surface area contributed by atoms with Crippen LogP contribution in [0.5, 0.6) is 0 Å². The van der Waals surface area contributed by atoms with Crippen LogP contribution in [-0.4, -0.2) is 76.6 Å². The van der Waals surface area contributed by atoms with E-state index in [1.165, 1.54) is 11.1 Å². The zero-order valence-corrected chi connectivity index (χ0v) is 23.8. The van der Waals surface area contributed by atoms with Crippen LogP contribution in [0.3, 0.4) is 0 Å². The summed E-state index contributed by atoms with van der Waals surface area (Å²) >= 11 is 1.57. The van der Waals surface area contributed by atoms with Crippen LogP contribution in [0.15, 0.2) is 58.0 Å². The molecule has 0 saturated carbocycles. The first kappa shape index (κ1) is 33.1. The average molecular weight is 482 g/mol. The van der Waals surface area contributed by atoms with Crippen LogP contribution in [0.1, 0.15) is 34.6 Å². The summed E-state index contributed by atoms with van der Waals surface area (Å²) in [6.07, 6.45) is 5.62. The molecule has 0 aromatic carbocycles. The van der Waals surface area contributed by atoms with E-state index in [1.54, 1.807) is 33.6 Å². The molecule has 0 unspecified atom stereocenters. The van der Waals surface area contributed by atoms with Crippen molar-refractivity contribution in [3.05, 3.63) is 58.0 Å². The van der Waals surface area contributed by atoms with Crippen LogP contribution < -0.4 is 0 Å². The van der Waals surface area contributed by atoms with Gasteiger partial charge in [0.2, 0.25) is 0 Å². The van der Waals surface area contributed by atoms with Gasteiger partial charge in [0.25, 0.3) is 0 Å². The topological polar surface area (TPSA) is 9.72 Å². The van der Waals surface area contributed by atoms with Crippen molar-refractivity contribution in [3.63, 3.8) is 0 Å². The molecule has 0 aromatic rings. The third-order valence-electron chi connectivity index (χ3n) is 4.55. The second-order valence-corrected chi connectivity index (χ2v) is 9.76. The summed E-state index contributed by atoms with van der Waals surface area (Å²) in [5, 5.41) is 0. The Labute approximate surface area is 198 Å². The minimum absolute atomic E-state index is 0.354. The second-order valence-electron chi connectivity index (χ2n) is 8.53. The van der Waals surface area contributed by atoms with E-state index in [9.17, 15) is 0 Å². The molecule has 167 valence electrons. The molecule has 0 radical (unpaired) electrons. The molecule has 0 fully saturated rings. The molecule has 0 amide bonds. The Balaban J connectivity index is -0.000000328. The molecule has 0 bridgehead atoms. The fourth-order valence-corrected chi connectivity index (χ4v) is 3.29. The van der Waals surface area contributed by atoms with Gasteiger partial charge in [0.15, 0.2) is 0 Å². The molecular formula is C25H48N3Zr. The summed E-state index contributed by atoms with van der Waals surface area (Å²) in [5.74, 6) is 0. The van der Waals surface area contributed by atoms with Gasteiger partial charge in [0.1, 0.15) is 0 Å². The van der Waals surface area contributed by atoms with Crippen LogP contribution in [0.25, 0.3) is 0 Å². The Hall–Kier alpha value is -0.537. The Morgan fingerprint density at radius 3 is 1.00 bits per heavy atom. The summed E-state index contributed by atoms with van der Waals surface area (Å²) < 4.78 is 1.62. The van der Waals surface area contributed by atoms with E-state index in [2.05, 4.69) is 69.1 Å². The van der Waals surface area contributed by atoms with Crippen molar-refractivity contribution in [3.8, 4) is 0 Å². The molecule has 0 saturated heterocycles. The normalized spacial score (nSPS) is 14.5. The maximum atomic E-state index is 3.56. The molecule has 1 rings (SSSR count). The van der Waals surface area contributed by atoms with Gasteiger partial charge >= 0.3 is 84.8 Å². The van der Waals surface area contributed by atoms with E-state index >= 15 is 0 Å². The van der Waals surface area contributed by atoms with E-state index in [0.717, 1.165) is 19.6 Å². The second kappa shape index (κ2) is 18.2. The molecule has 0 aliphatic heterocycles. The quantitative estimate of drug-likeness (QED) is 0.471. The van der Waals surface area contributed by atoms with E-state index in [0.29, 0.717) is 5.41 Å². The molecule has 0 N–H and O–H groups in total. The van der Waals surface area contributed by atoms with Gasteiger partial charge in [-0.1, -0.05) is 18.2 Å². The standard InChI is InChI=1S/C10H15.3C5H11N.Zr/c1-7-6-10(4,5)9(3)8(7)2;3*1-4-5-6(2)3;/h1-5H3;3*4H,1,5H2,2-3H3;. The van der Waals surface area contributed by atoms with E-state index in [4.69, 9.17) is 0 Å². The third-order valence-corrected chi connectivity index (χ3v) is 7.00. The van der Waals surface area contributed by atoms with Gasteiger partial charge < -0.3 is 14.7 Å². The zero-order chi connectivity index (χ0) is 23.8. The van der Waals surface area contributed by atoms with Crippen molar-refractivity contribution >= 4 is 0 Å². The summed E-state index contributed by atoms with van der Waals surface area (Å²) in [5.41, 5.74) is 4.96. The van der Waals surface area contributed by atoms with E-state index in [1.807, 2.05) is 60.5 Å². The molecule has 1 aliphatic rings. The minimum atomic E-state index is 0.354. The summed E-state index contributed by atoms with van der Waals surface area (Å²) in [4.78, 5) is 6.19. The molecule has 0 aromatic heterocycles. The van der Waals surface area contributed by atoms with Crippen molar-refractivity contribution in [2.45, 2.75) is 34.6 Å². The molecular weight excluding hydrogens is 434 g/mol. The van der Waals surface area contributed by atoms with Gasteiger partial charge in [0, 0.05) is 19.6 Å². The van der Waals surface area contributed by atoms with Crippen LogP contribution >= 0.6 is 0 Å². The number of likely N-dealkylation sites (N-methyl/N-ethyl adjacent to an activating group) is 3. The van der Waals surface area contributed by atoms with Gasteiger partial charge in [0.05, 0.1) is 0 Å². The Bertz CT molecular complexity index is 479. The number of allylic oxidation sites excluding steroid dienone is 4. The van der Waals surface area contributed by atoms with E-state index < -0.39 is 0 Å². The maximum absolute atomic E-state index is 3.56. The predicted octanol–water partition coefficient (Wildman–Crippen LogP) is 5.39. The fourth-order valence-electron chi connectivity index (χ4n) is 2.37. The molecule has 0 heterocycles. The number of rotatable bonds is 6. The van der Waals surface area contributed by atoms with Gasteiger partial charge in [-0.2, -0.15) is 0 Å². The van der Waals surface area contributed by atoms with Crippen molar-refractivity contribution in [1.29, 1.82) is 0 Å². The first-order chi connectivity index (χ1) is 13.2. The summed E-state index contributed by atoms with van der Waals surface area (Å²) in [7, 11) is 12.1. The van der Waals surface area contributed by atoms with Gasteiger partial charge in [-0.25, -0.2) is 0 Å². The molecule has 29 heavy (non-hydrogen) atoms. The monoisotopic (exact) mass is 480 g/mol. The van der Waals surface area contributed by atoms with Crippen LogP contribution in [-0.2, 0) is 24.7 Å². The predicted molar refractivity (Wildman–Crippen MR) is 131 cm³/mol. The van der Waals surface area contributed by atoms with Gasteiger partial charge in [-0.05, 0) is 42.3 Å². The number of hydrogen-bond acceptors (Lipinski definition) is 3. The first-order valence-corrected chi connectivity index (χ1v) is 11.3. The fraction of sp³-hybridized carbons (Fsp3) is 0.600. The Morgan fingerprint density at radius 1 is 0.690 bits per heavy atom. The van der Waals surface area contributed by atoms with Crippen LogP contribution in [0.2, 0.25) is 0 Å². The van der Waals surface area contributed by atoms with Gasteiger partial charge in [-0.3, -0.25) is 0 Å². The van der Waals surface area contributed by atoms with Crippen LogP contribution in [0.4, 0.5) is 0 Å². The summed E-state index contributed by atoms with van der Waals surface area (Å²) in [6, 6.07) is 0. The van der Waals surface area contributed by atoms with Gasteiger partial charge in [-0.15, -0.1) is 19.7 Å². The number of hydrogen-bond donors (Lipinski definition) is 0. The SMILES string of the molecule is C=CCN(C)C.C=CCN(C)C.C=CCN(C)C.CC1=C(C)C(C)(C)[C]([Zr])=C1C. The van der Waals surface area contributed by atoms with Crippen molar-refractivity contribution in [2.24, 2.45) is 5.41 Å². The third kappa shape index (κ3) is 16.9. The molecule has 1 aliphatic carbocycles.